The summed E-state index contributed by atoms with van der Waals surface area (Å²) in [5.41, 5.74) is 1.27. The first-order valence-corrected chi connectivity index (χ1v) is 15.0. The van der Waals surface area contributed by atoms with Gasteiger partial charge in [0.1, 0.15) is 22.8 Å². The van der Waals surface area contributed by atoms with Gasteiger partial charge in [-0.15, -0.1) is 5.10 Å². The quantitative estimate of drug-likeness (QED) is 0.217. The molecule has 0 aliphatic carbocycles. The third-order valence-electron chi connectivity index (χ3n) is 6.89. The van der Waals surface area contributed by atoms with Gasteiger partial charge >= 0.3 is 6.18 Å². The predicted octanol–water partition coefficient (Wildman–Crippen LogP) is 4.90. The van der Waals surface area contributed by atoms with Crippen LogP contribution in [0.4, 0.5) is 19.1 Å². The number of ether oxygens (including phenoxy) is 3. The number of nitrogens with one attached hydrogen (secondary N) is 1. The van der Waals surface area contributed by atoms with E-state index in [-0.39, 0.29) is 25.5 Å². The van der Waals surface area contributed by atoms with Gasteiger partial charge in [0.15, 0.2) is 11.5 Å². The average Bonchev–Trinajstić information content (AvgIpc) is 3.43. The van der Waals surface area contributed by atoms with Gasteiger partial charge in [0.2, 0.25) is 16.0 Å². The average molecular weight is 631 g/mol. The van der Waals surface area contributed by atoms with Crippen molar-refractivity contribution in [1.29, 1.82) is 0 Å². The van der Waals surface area contributed by atoms with Crippen molar-refractivity contribution < 1.29 is 35.8 Å². The minimum absolute atomic E-state index is 0.157. The fourth-order valence-electron chi connectivity index (χ4n) is 4.62. The van der Waals surface area contributed by atoms with E-state index in [0.29, 0.717) is 45.3 Å². The van der Waals surface area contributed by atoms with Gasteiger partial charge in [0, 0.05) is 30.1 Å². The van der Waals surface area contributed by atoms with Gasteiger partial charge in [0.25, 0.3) is 0 Å². The molecule has 0 spiro atoms. The highest BCUT2D eigenvalue weighted by Gasteiger charge is 2.30. The van der Waals surface area contributed by atoms with Crippen molar-refractivity contribution in [2.75, 3.05) is 32.9 Å². The SMILES string of the molecule is COc1ccc(CNc2nc3c(OC)cccc3c3nc(CN(Cc4ccc(C(F)(F)F)cc4)S(C)(=O)=O)nn23)c(OC)c1. The van der Waals surface area contributed by atoms with Crippen LogP contribution in [0.5, 0.6) is 17.2 Å². The molecule has 2 heterocycles. The van der Waals surface area contributed by atoms with Crippen molar-refractivity contribution in [1.82, 2.24) is 23.9 Å². The molecule has 44 heavy (non-hydrogen) atoms. The van der Waals surface area contributed by atoms with Crippen LogP contribution in [0.2, 0.25) is 0 Å². The number of fused-ring (bicyclic) bond motifs is 3. The molecule has 0 radical (unpaired) electrons. The molecule has 0 saturated carbocycles. The summed E-state index contributed by atoms with van der Waals surface area (Å²) < 4.78 is 83.4. The highest BCUT2D eigenvalue weighted by molar-refractivity contribution is 7.88. The fourth-order valence-corrected chi connectivity index (χ4v) is 5.35. The van der Waals surface area contributed by atoms with E-state index >= 15 is 0 Å². The molecule has 2 aromatic heterocycles. The van der Waals surface area contributed by atoms with Crippen molar-refractivity contribution in [3.8, 4) is 17.2 Å². The zero-order chi connectivity index (χ0) is 31.6. The maximum atomic E-state index is 13.0. The van der Waals surface area contributed by atoms with Crippen LogP contribution < -0.4 is 19.5 Å². The monoisotopic (exact) mass is 630 g/mol. The van der Waals surface area contributed by atoms with E-state index in [1.54, 1.807) is 44.6 Å². The van der Waals surface area contributed by atoms with Gasteiger partial charge in [-0.1, -0.05) is 18.2 Å². The standard InChI is InChI=1S/C29H29F3N6O5S/c1-41-21-13-10-19(24(14-21)43-3)15-33-28-35-26-22(6-5-7-23(26)42-2)27-34-25(36-38(27)28)17-37(44(4,39)40)16-18-8-11-20(12-9-18)29(30,31)32/h5-14H,15-17H2,1-4H3,(H,33,35). The molecule has 11 nitrogen and oxygen atoms in total. The van der Waals surface area contributed by atoms with E-state index in [9.17, 15) is 21.6 Å². The van der Waals surface area contributed by atoms with Crippen molar-refractivity contribution >= 4 is 32.5 Å². The molecule has 0 saturated heterocycles. The summed E-state index contributed by atoms with van der Waals surface area (Å²) in [7, 11) is 0.826. The summed E-state index contributed by atoms with van der Waals surface area (Å²) in [5.74, 6) is 2.19. The predicted molar refractivity (Wildman–Crippen MR) is 157 cm³/mol. The molecule has 0 fully saturated rings. The van der Waals surface area contributed by atoms with Crippen LogP contribution in [-0.4, -0.2) is 59.9 Å². The number of nitrogens with zero attached hydrogens (tertiary/aromatic N) is 5. The first-order chi connectivity index (χ1) is 20.9. The zero-order valence-electron chi connectivity index (χ0n) is 24.2. The number of alkyl halides is 3. The van der Waals surface area contributed by atoms with Crippen molar-refractivity contribution in [3.05, 3.63) is 83.2 Å². The second-order valence-corrected chi connectivity index (χ2v) is 11.8. The van der Waals surface area contributed by atoms with Crippen molar-refractivity contribution in [3.63, 3.8) is 0 Å². The topological polar surface area (TPSA) is 120 Å². The molecule has 3 aromatic carbocycles. The number of anilines is 1. The summed E-state index contributed by atoms with van der Waals surface area (Å²) in [6.07, 6.45) is -3.48. The Hall–Kier alpha value is -4.63. The zero-order valence-corrected chi connectivity index (χ0v) is 25.0. The molecule has 0 aliphatic heterocycles. The number of halogens is 3. The summed E-state index contributed by atoms with van der Waals surface area (Å²) >= 11 is 0. The maximum Gasteiger partial charge on any atom is 0.416 e. The maximum absolute atomic E-state index is 13.0. The van der Waals surface area contributed by atoms with Crippen LogP contribution in [0.25, 0.3) is 16.6 Å². The van der Waals surface area contributed by atoms with Crippen LogP contribution in [0, 0.1) is 0 Å². The largest absolute Gasteiger partial charge is 0.497 e. The number of aromatic nitrogens is 4. The second-order valence-electron chi connectivity index (χ2n) is 9.81. The Morgan fingerprint density at radius 3 is 2.27 bits per heavy atom. The Kier molecular flexibility index (Phi) is 8.52. The number of sulfonamides is 1. The molecule has 0 aliphatic rings. The third kappa shape index (κ3) is 6.48. The summed E-state index contributed by atoms with van der Waals surface area (Å²) in [4.78, 5) is 9.40. The summed E-state index contributed by atoms with van der Waals surface area (Å²) in [5, 5.41) is 8.45. The molecule has 0 unspecified atom stereocenters. The van der Waals surface area contributed by atoms with E-state index in [4.69, 9.17) is 19.2 Å². The van der Waals surface area contributed by atoms with Crippen LogP contribution in [0.1, 0.15) is 22.5 Å². The summed E-state index contributed by atoms with van der Waals surface area (Å²) in [6, 6.07) is 15.1. The van der Waals surface area contributed by atoms with Gasteiger partial charge in [-0.3, -0.25) is 0 Å². The number of rotatable bonds is 11. The van der Waals surface area contributed by atoms with E-state index in [2.05, 4.69) is 15.4 Å². The minimum Gasteiger partial charge on any atom is -0.497 e. The first-order valence-electron chi connectivity index (χ1n) is 13.2. The third-order valence-corrected chi connectivity index (χ3v) is 8.08. The van der Waals surface area contributed by atoms with E-state index < -0.39 is 21.8 Å². The molecule has 0 atom stereocenters. The molecule has 5 rings (SSSR count). The summed E-state index contributed by atoms with van der Waals surface area (Å²) in [6.45, 7) is -0.130. The van der Waals surface area contributed by atoms with E-state index in [1.165, 1.54) is 23.8 Å². The number of methoxy groups -OCH3 is 3. The molecule has 1 N–H and O–H groups in total. The lowest BCUT2D eigenvalue weighted by Crippen LogP contribution is -2.29. The second kappa shape index (κ2) is 12.2. The van der Waals surface area contributed by atoms with Gasteiger partial charge in [-0.05, 0) is 42.0 Å². The molecule has 0 bridgehead atoms. The van der Waals surface area contributed by atoms with Crippen LogP contribution >= 0.6 is 0 Å². The van der Waals surface area contributed by atoms with Crippen LogP contribution in [0.15, 0.2) is 60.7 Å². The molecular weight excluding hydrogens is 601 g/mol. The number of hydrogen-bond acceptors (Lipinski definition) is 9. The molecular formula is C29H29F3N6O5S. The first kappa shape index (κ1) is 30.8. The number of benzene rings is 3. The van der Waals surface area contributed by atoms with Gasteiger partial charge in [0.05, 0.1) is 39.7 Å². The lowest BCUT2D eigenvalue weighted by molar-refractivity contribution is -0.137. The highest BCUT2D eigenvalue weighted by atomic mass is 32.2. The molecule has 5 aromatic rings. The van der Waals surface area contributed by atoms with Crippen molar-refractivity contribution in [2.45, 2.75) is 25.8 Å². The Morgan fingerprint density at radius 1 is 0.909 bits per heavy atom. The number of para-hydroxylation sites is 1. The minimum atomic E-state index is -4.50. The van der Waals surface area contributed by atoms with E-state index in [0.717, 1.165) is 28.3 Å². The smallest absolute Gasteiger partial charge is 0.416 e. The number of hydrogen-bond donors (Lipinski definition) is 1. The Balaban J connectivity index is 1.52. The highest BCUT2D eigenvalue weighted by Crippen LogP contribution is 2.31. The Bertz CT molecular complexity index is 1910. The lowest BCUT2D eigenvalue weighted by atomic mass is 10.1. The molecule has 15 heteroatoms. The van der Waals surface area contributed by atoms with Crippen molar-refractivity contribution in [2.24, 2.45) is 0 Å². The van der Waals surface area contributed by atoms with Crippen LogP contribution in [-0.2, 0) is 35.8 Å². The van der Waals surface area contributed by atoms with Gasteiger partial charge in [-0.2, -0.15) is 22.0 Å². The fraction of sp³-hybridized carbons (Fsp3) is 0.276. The molecule has 232 valence electrons. The van der Waals surface area contributed by atoms with E-state index in [1.807, 2.05) is 6.07 Å². The molecule has 0 amide bonds. The normalized spacial score (nSPS) is 12.2. The Morgan fingerprint density at radius 2 is 1.64 bits per heavy atom. The van der Waals surface area contributed by atoms with Gasteiger partial charge < -0.3 is 19.5 Å². The lowest BCUT2D eigenvalue weighted by Gasteiger charge is -2.18. The Labute approximate surface area is 251 Å². The van der Waals surface area contributed by atoms with Crippen LogP contribution in [0.3, 0.4) is 0 Å². The van der Waals surface area contributed by atoms with Gasteiger partial charge in [-0.25, -0.2) is 18.4 Å².